The number of halogens is 1. The summed E-state index contributed by atoms with van der Waals surface area (Å²) in [6.45, 7) is 4.65. The molecule has 0 aliphatic rings. The number of hydrogen-bond acceptors (Lipinski definition) is 3. The largest absolute Gasteiger partial charge is 0.384 e. The molecule has 0 saturated heterocycles. The fraction of sp³-hybridized carbons (Fsp3) is 0.538. The van der Waals surface area contributed by atoms with Gasteiger partial charge in [0.25, 0.3) is 0 Å². The Morgan fingerprint density at radius 3 is 2.53 bits per heavy atom. The van der Waals surface area contributed by atoms with Crippen LogP contribution in [0.25, 0.3) is 0 Å². The van der Waals surface area contributed by atoms with E-state index in [1.54, 1.807) is 26.2 Å². The van der Waals surface area contributed by atoms with Gasteiger partial charge in [-0.15, -0.1) is 0 Å². The maximum absolute atomic E-state index is 12.8. The summed E-state index contributed by atoms with van der Waals surface area (Å²) in [5, 5.41) is 13.4. The molecule has 0 aliphatic carbocycles. The molecule has 0 spiro atoms. The van der Waals surface area contributed by atoms with E-state index in [1.807, 2.05) is 6.92 Å². The van der Waals surface area contributed by atoms with Crippen molar-refractivity contribution in [3.63, 3.8) is 0 Å². The van der Waals surface area contributed by atoms with Gasteiger partial charge in [-0.2, -0.15) is 0 Å². The highest BCUT2D eigenvalue weighted by molar-refractivity contribution is 5.22. The van der Waals surface area contributed by atoms with E-state index in [9.17, 15) is 9.50 Å². The predicted octanol–water partition coefficient (Wildman–Crippen LogP) is 1.66. The van der Waals surface area contributed by atoms with Crippen molar-refractivity contribution in [3.05, 3.63) is 35.6 Å². The van der Waals surface area contributed by atoms with E-state index in [1.165, 1.54) is 12.1 Å². The molecule has 0 aromatic heterocycles. The van der Waals surface area contributed by atoms with Gasteiger partial charge in [-0.05, 0) is 31.5 Å². The first-order valence-electron chi connectivity index (χ1n) is 5.66. The smallest absolute Gasteiger partial charge is 0.123 e. The summed E-state index contributed by atoms with van der Waals surface area (Å²) in [6, 6.07) is 6.05. The van der Waals surface area contributed by atoms with E-state index in [2.05, 4.69) is 5.32 Å². The second-order valence-corrected chi connectivity index (χ2v) is 4.52. The Balaban J connectivity index is 2.58. The molecule has 2 N–H and O–H groups in total. The van der Waals surface area contributed by atoms with E-state index in [0.717, 1.165) is 0 Å². The Morgan fingerprint density at radius 1 is 1.41 bits per heavy atom. The average Bonchev–Trinajstić information content (AvgIpc) is 2.28. The van der Waals surface area contributed by atoms with Crippen LogP contribution in [-0.4, -0.2) is 31.4 Å². The molecule has 0 bridgehead atoms. The molecule has 0 saturated carbocycles. The maximum Gasteiger partial charge on any atom is 0.123 e. The van der Waals surface area contributed by atoms with Crippen LogP contribution in [0.1, 0.15) is 19.4 Å². The number of aliphatic hydroxyl groups is 1. The normalized spacial score (nSPS) is 16.5. The van der Waals surface area contributed by atoms with E-state index >= 15 is 0 Å². The molecule has 4 heteroatoms. The van der Waals surface area contributed by atoms with Gasteiger partial charge in [0.15, 0.2) is 0 Å². The fourth-order valence-corrected chi connectivity index (χ4v) is 1.59. The Bertz CT molecular complexity index is 338. The highest BCUT2D eigenvalue weighted by atomic mass is 19.1. The molecule has 0 amide bonds. The zero-order chi connectivity index (χ0) is 12.9. The van der Waals surface area contributed by atoms with Crippen molar-refractivity contribution >= 4 is 0 Å². The summed E-state index contributed by atoms with van der Waals surface area (Å²) < 4.78 is 17.8. The summed E-state index contributed by atoms with van der Waals surface area (Å²) in [6.07, 6.45) is 0. The minimum absolute atomic E-state index is 0.159. The molecule has 1 rings (SSSR count). The van der Waals surface area contributed by atoms with Crippen molar-refractivity contribution in [2.75, 3.05) is 20.3 Å². The Kier molecular flexibility index (Phi) is 5.05. The molecule has 2 atom stereocenters. The van der Waals surface area contributed by atoms with Crippen molar-refractivity contribution in [2.45, 2.75) is 25.5 Å². The van der Waals surface area contributed by atoms with E-state index in [-0.39, 0.29) is 11.9 Å². The van der Waals surface area contributed by atoms with Crippen LogP contribution in [0.2, 0.25) is 0 Å². The standard InChI is InChI=1S/C13H20FNO2/c1-10(8-17-3)15-9-13(2,16)11-4-6-12(14)7-5-11/h4-7,10,15-16H,8-9H2,1-3H3/t10-,13-/m0/s1. The van der Waals surface area contributed by atoms with Crippen LogP contribution < -0.4 is 5.32 Å². The first kappa shape index (κ1) is 14.1. The molecule has 0 aliphatic heterocycles. The van der Waals surface area contributed by atoms with Crippen molar-refractivity contribution in [1.29, 1.82) is 0 Å². The molecule has 1 aromatic carbocycles. The average molecular weight is 241 g/mol. The number of rotatable bonds is 6. The highest BCUT2D eigenvalue weighted by Crippen LogP contribution is 2.19. The van der Waals surface area contributed by atoms with Crippen molar-refractivity contribution in [1.82, 2.24) is 5.32 Å². The summed E-state index contributed by atoms with van der Waals surface area (Å²) in [7, 11) is 1.64. The summed E-state index contributed by atoms with van der Waals surface area (Å²) in [4.78, 5) is 0. The van der Waals surface area contributed by atoms with Crippen molar-refractivity contribution < 1.29 is 14.2 Å². The third kappa shape index (κ3) is 4.42. The molecule has 0 unspecified atom stereocenters. The zero-order valence-electron chi connectivity index (χ0n) is 10.5. The van der Waals surface area contributed by atoms with Crippen LogP contribution in [0, 0.1) is 5.82 Å². The quantitative estimate of drug-likeness (QED) is 0.796. The maximum atomic E-state index is 12.8. The predicted molar refractivity (Wildman–Crippen MR) is 65.3 cm³/mol. The van der Waals surface area contributed by atoms with E-state index in [0.29, 0.717) is 18.7 Å². The first-order valence-corrected chi connectivity index (χ1v) is 5.66. The first-order chi connectivity index (χ1) is 7.95. The zero-order valence-corrected chi connectivity index (χ0v) is 10.5. The van der Waals surface area contributed by atoms with Gasteiger partial charge in [0, 0.05) is 19.7 Å². The fourth-order valence-electron chi connectivity index (χ4n) is 1.59. The lowest BCUT2D eigenvalue weighted by atomic mass is 9.96. The topological polar surface area (TPSA) is 41.5 Å². The molecule has 1 aromatic rings. The Labute approximate surface area is 102 Å². The number of benzene rings is 1. The molecule has 0 heterocycles. The third-order valence-corrected chi connectivity index (χ3v) is 2.68. The number of methoxy groups -OCH3 is 1. The second kappa shape index (κ2) is 6.10. The molecular formula is C13H20FNO2. The van der Waals surface area contributed by atoms with Crippen LogP contribution in [0.3, 0.4) is 0 Å². The second-order valence-electron chi connectivity index (χ2n) is 4.52. The SMILES string of the molecule is COC[C@H](C)NC[C@](C)(O)c1ccc(F)cc1. The van der Waals surface area contributed by atoms with Gasteiger partial charge in [0.2, 0.25) is 0 Å². The molecule has 0 fully saturated rings. The van der Waals surface area contributed by atoms with Crippen LogP contribution >= 0.6 is 0 Å². The molecule has 0 radical (unpaired) electrons. The lowest BCUT2D eigenvalue weighted by Gasteiger charge is -2.26. The molecule has 3 nitrogen and oxygen atoms in total. The number of ether oxygens (including phenoxy) is 1. The van der Waals surface area contributed by atoms with Gasteiger partial charge >= 0.3 is 0 Å². The summed E-state index contributed by atoms with van der Waals surface area (Å²) in [5.74, 6) is -0.301. The van der Waals surface area contributed by atoms with Gasteiger partial charge in [-0.1, -0.05) is 12.1 Å². The van der Waals surface area contributed by atoms with Gasteiger partial charge in [0.1, 0.15) is 5.82 Å². The Hall–Kier alpha value is -0.970. The van der Waals surface area contributed by atoms with Crippen LogP contribution in [0.5, 0.6) is 0 Å². The highest BCUT2D eigenvalue weighted by Gasteiger charge is 2.23. The minimum Gasteiger partial charge on any atom is -0.384 e. The lowest BCUT2D eigenvalue weighted by Crippen LogP contribution is -2.41. The van der Waals surface area contributed by atoms with Gasteiger partial charge in [-0.3, -0.25) is 0 Å². The van der Waals surface area contributed by atoms with Crippen molar-refractivity contribution in [2.24, 2.45) is 0 Å². The van der Waals surface area contributed by atoms with Gasteiger partial charge in [-0.25, -0.2) is 4.39 Å². The minimum atomic E-state index is -1.02. The van der Waals surface area contributed by atoms with Crippen LogP contribution in [-0.2, 0) is 10.3 Å². The monoisotopic (exact) mass is 241 g/mol. The summed E-state index contributed by atoms with van der Waals surface area (Å²) >= 11 is 0. The van der Waals surface area contributed by atoms with Crippen molar-refractivity contribution in [3.8, 4) is 0 Å². The third-order valence-electron chi connectivity index (χ3n) is 2.68. The lowest BCUT2D eigenvalue weighted by molar-refractivity contribution is 0.0499. The molecular weight excluding hydrogens is 221 g/mol. The van der Waals surface area contributed by atoms with Crippen LogP contribution in [0.15, 0.2) is 24.3 Å². The van der Waals surface area contributed by atoms with Crippen LogP contribution in [0.4, 0.5) is 4.39 Å². The van der Waals surface area contributed by atoms with E-state index < -0.39 is 5.60 Å². The summed E-state index contributed by atoms with van der Waals surface area (Å²) in [5.41, 5.74) is -0.327. The van der Waals surface area contributed by atoms with Gasteiger partial charge in [0.05, 0.1) is 12.2 Å². The Morgan fingerprint density at radius 2 is 2.00 bits per heavy atom. The number of hydrogen-bond donors (Lipinski definition) is 2. The molecule has 17 heavy (non-hydrogen) atoms. The molecule has 96 valence electrons. The number of nitrogens with one attached hydrogen (secondary N) is 1. The van der Waals surface area contributed by atoms with Gasteiger partial charge < -0.3 is 15.2 Å². The van der Waals surface area contributed by atoms with E-state index in [4.69, 9.17) is 4.74 Å².